The number of hydrogen-bond acceptors (Lipinski definition) is 5. The summed E-state index contributed by atoms with van der Waals surface area (Å²) in [5.74, 6) is 0. The molecule has 5 nitrogen and oxygen atoms in total. The van der Waals surface area contributed by atoms with Gasteiger partial charge in [-0.2, -0.15) is 0 Å². The lowest BCUT2D eigenvalue weighted by Gasteiger charge is -2.08. The molecule has 0 aliphatic carbocycles. The summed E-state index contributed by atoms with van der Waals surface area (Å²) in [6.07, 6.45) is 0.962. The molecule has 116 valence electrons. The molecule has 0 bridgehead atoms. The predicted molar refractivity (Wildman–Crippen MR) is 82.8 cm³/mol. The van der Waals surface area contributed by atoms with Crippen LogP contribution in [-0.2, 0) is 21.2 Å². The van der Waals surface area contributed by atoms with Crippen molar-refractivity contribution in [2.45, 2.75) is 37.5 Å². The Morgan fingerprint density at radius 2 is 2.05 bits per heavy atom. The third kappa shape index (κ3) is 6.32. The average Bonchev–Trinajstić information content (AvgIpc) is 2.84. The van der Waals surface area contributed by atoms with Gasteiger partial charge in [-0.05, 0) is 45.5 Å². The van der Waals surface area contributed by atoms with Crippen LogP contribution in [0.4, 0.5) is 0 Å². The molecule has 7 heteroatoms. The predicted octanol–water partition coefficient (Wildman–Crippen LogP) is 1.60. The Balaban J connectivity index is 2.46. The summed E-state index contributed by atoms with van der Waals surface area (Å²) in [5.41, 5.74) is 0. The fraction of sp³-hybridized carbons (Fsp3) is 0.692. The Kier molecular flexibility index (Phi) is 7.68. The summed E-state index contributed by atoms with van der Waals surface area (Å²) in [6, 6.07) is 3.54. The van der Waals surface area contributed by atoms with Crippen LogP contribution in [-0.4, -0.2) is 40.8 Å². The molecule has 2 N–H and O–H groups in total. The molecule has 0 spiro atoms. The topological polar surface area (TPSA) is 67.4 Å². The normalized spacial score (nSPS) is 12.2. The summed E-state index contributed by atoms with van der Waals surface area (Å²) in [7, 11) is -3.40. The van der Waals surface area contributed by atoms with E-state index in [1.807, 2.05) is 26.8 Å². The molecule has 0 aliphatic rings. The van der Waals surface area contributed by atoms with Crippen LogP contribution in [0.5, 0.6) is 0 Å². The zero-order valence-corrected chi connectivity index (χ0v) is 13.9. The highest BCUT2D eigenvalue weighted by molar-refractivity contribution is 7.91. The molecule has 0 radical (unpaired) electrons. The smallest absolute Gasteiger partial charge is 0.250 e. The van der Waals surface area contributed by atoms with E-state index in [1.165, 1.54) is 11.3 Å². The first-order valence-electron chi connectivity index (χ1n) is 6.86. The molecule has 0 amide bonds. The van der Waals surface area contributed by atoms with Crippen molar-refractivity contribution in [1.29, 1.82) is 0 Å². The Morgan fingerprint density at radius 1 is 1.30 bits per heavy atom. The fourth-order valence-electron chi connectivity index (χ4n) is 1.57. The van der Waals surface area contributed by atoms with Crippen molar-refractivity contribution in [2.75, 3.05) is 26.2 Å². The Bertz CT molecular complexity index is 484. The van der Waals surface area contributed by atoms with Crippen molar-refractivity contribution in [2.24, 2.45) is 0 Å². The van der Waals surface area contributed by atoms with Crippen LogP contribution in [0, 0.1) is 0 Å². The second-order valence-corrected chi connectivity index (χ2v) is 7.80. The van der Waals surface area contributed by atoms with Crippen molar-refractivity contribution in [3.63, 3.8) is 0 Å². The zero-order chi connectivity index (χ0) is 15.0. The minimum Gasteiger partial charge on any atom is -0.377 e. The minimum atomic E-state index is -3.40. The summed E-state index contributed by atoms with van der Waals surface area (Å²) < 4.78 is 32.3. The minimum absolute atomic E-state index is 0.110. The Morgan fingerprint density at radius 3 is 2.70 bits per heavy atom. The summed E-state index contributed by atoms with van der Waals surface area (Å²) in [4.78, 5) is 1.07. The molecule has 1 heterocycles. The van der Waals surface area contributed by atoms with E-state index in [2.05, 4.69) is 10.0 Å². The maximum atomic E-state index is 12.0. The van der Waals surface area contributed by atoms with Crippen molar-refractivity contribution in [3.05, 3.63) is 17.0 Å². The van der Waals surface area contributed by atoms with Gasteiger partial charge in [-0.15, -0.1) is 11.3 Å². The molecular weight excluding hydrogens is 296 g/mol. The first-order chi connectivity index (χ1) is 9.45. The van der Waals surface area contributed by atoms with E-state index in [0.717, 1.165) is 24.4 Å². The largest absolute Gasteiger partial charge is 0.377 e. The molecule has 1 rings (SSSR count). The van der Waals surface area contributed by atoms with Crippen molar-refractivity contribution in [3.8, 4) is 0 Å². The third-order valence-electron chi connectivity index (χ3n) is 2.55. The lowest BCUT2D eigenvalue weighted by molar-refractivity contribution is 0.0834. The molecule has 0 saturated heterocycles. The van der Waals surface area contributed by atoms with Gasteiger partial charge in [-0.1, -0.05) is 6.92 Å². The van der Waals surface area contributed by atoms with Gasteiger partial charge in [0.2, 0.25) is 10.0 Å². The maximum absolute atomic E-state index is 12.0. The Labute approximate surface area is 125 Å². The van der Waals surface area contributed by atoms with Crippen LogP contribution in [0.1, 0.15) is 25.6 Å². The monoisotopic (exact) mass is 320 g/mol. The lowest BCUT2D eigenvalue weighted by atomic mass is 10.3. The van der Waals surface area contributed by atoms with E-state index in [4.69, 9.17) is 4.74 Å². The molecule has 20 heavy (non-hydrogen) atoms. The van der Waals surface area contributed by atoms with Crippen molar-refractivity contribution < 1.29 is 13.2 Å². The standard InChI is InChI=1S/C13H24N2O3S2/c1-4-14-8-7-12-5-6-13(19-12)20(16,17)15-9-10-18-11(2)3/h5-6,11,14-15H,4,7-10H2,1-3H3. The number of ether oxygens (including phenoxy) is 1. The quantitative estimate of drug-likeness (QED) is 0.643. The highest BCUT2D eigenvalue weighted by atomic mass is 32.2. The Hall–Kier alpha value is -0.470. The van der Waals surface area contributed by atoms with Crippen LogP contribution in [0.2, 0.25) is 0 Å². The van der Waals surface area contributed by atoms with Gasteiger partial charge in [0.15, 0.2) is 0 Å². The maximum Gasteiger partial charge on any atom is 0.250 e. The average molecular weight is 320 g/mol. The van der Waals surface area contributed by atoms with Gasteiger partial charge in [0.05, 0.1) is 12.7 Å². The van der Waals surface area contributed by atoms with E-state index in [1.54, 1.807) is 6.07 Å². The number of hydrogen-bond donors (Lipinski definition) is 2. The molecule has 1 aromatic rings. The van der Waals surface area contributed by atoms with Gasteiger partial charge in [0.1, 0.15) is 4.21 Å². The van der Waals surface area contributed by atoms with E-state index in [-0.39, 0.29) is 6.10 Å². The van der Waals surface area contributed by atoms with E-state index < -0.39 is 10.0 Å². The summed E-state index contributed by atoms with van der Waals surface area (Å²) in [6.45, 7) is 8.36. The first kappa shape index (κ1) is 17.6. The van der Waals surface area contributed by atoms with Gasteiger partial charge < -0.3 is 10.1 Å². The molecule has 0 aromatic carbocycles. The molecule has 1 aromatic heterocycles. The summed E-state index contributed by atoms with van der Waals surface area (Å²) >= 11 is 1.32. The van der Waals surface area contributed by atoms with Crippen LogP contribution in [0.25, 0.3) is 0 Å². The number of sulfonamides is 1. The van der Waals surface area contributed by atoms with Crippen LogP contribution < -0.4 is 10.0 Å². The van der Waals surface area contributed by atoms with Crippen molar-refractivity contribution in [1.82, 2.24) is 10.0 Å². The van der Waals surface area contributed by atoms with E-state index in [9.17, 15) is 8.42 Å². The highest BCUT2D eigenvalue weighted by Gasteiger charge is 2.16. The highest BCUT2D eigenvalue weighted by Crippen LogP contribution is 2.21. The zero-order valence-electron chi connectivity index (χ0n) is 12.3. The van der Waals surface area contributed by atoms with E-state index in [0.29, 0.717) is 17.4 Å². The molecule has 0 fully saturated rings. The molecule has 0 atom stereocenters. The van der Waals surface area contributed by atoms with Gasteiger partial charge in [0.25, 0.3) is 0 Å². The van der Waals surface area contributed by atoms with Crippen LogP contribution in [0.3, 0.4) is 0 Å². The molecular formula is C13H24N2O3S2. The second-order valence-electron chi connectivity index (χ2n) is 4.64. The number of nitrogens with one attached hydrogen (secondary N) is 2. The molecule has 0 unspecified atom stereocenters. The SMILES string of the molecule is CCNCCc1ccc(S(=O)(=O)NCCOC(C)C)s1. The fourth-order valence-corrected chi connectivity index (χ4v) is 3.98. The van der Waals surface area contributed by atoms with Crippen molar-refractivity contribution >= 4 is 21.4 Å². The summed E-state index contributed by atoms with van der Waals surface area (Å²) in [5, 5.41) is 3.22. The van der Waals surface area contributed by atoms with Gasteiger partial charge in [-0.3, -0.25) is 0 Å². The van der Waals surface area contributed by atoms with Gasteiger partial charge in [-0.25, -0.2) is 13.1 Å². The second kappa shape index (κ2) is 8.74. The molecule has 0 saturated carbocycles. The number of likely N-dealkylation sites (N-methyl/N-ethyl adjacent to an activating group) is 1. The van der Waals surface area contributed by atoms with E-state index >= 15 is 0 Å². The third-order valence-corrected chi connectivity index (χ3v) is 5.64. The van der Waals surface area contributed by atoms with Gasteiger partial charge >= 0.3 is 0 Å². The number of rotatable bonds is 10. The number of thiophene rings is 1. The van der Waals surface area contributed by atoms with Crippen LogP contribution >= 0.6 is 11.3 Å². The van der Waals surface area contributed by atoms with Crippen LogP contribution in [0.15, 0.2) is 16.3 Å². The van der Waals surface area contributed by atoms with Gasteiger partial charge in [0, 0.05) is 11.4 Å². The lowest BCUT2D eigenvalue weighted by Crippen LogP contribution is -2.27. The molecule has 0 aliphatic heterocycles. The first-order valence-corrected chi connectivity index (χ1v) is 9.16.